The Kier molecular flexibility index (Phi) is 5.43. The predicted octanol–water partition coefficient (Wildman–Crippen LogP) is 5.24. The summed E-state index contributed by atoms with van der Waals surface area (Å²) in [4.78, 5) is 18.0. The quantitative estimate of drug-likeness (QED) is 0.485. The second kappa shape index (κ2) is 8.40. The van der Waals surface area contributed by atoms with E-state index < -0.39 is 0 Å². The first kappa shape index (κ1) is 20.7. The molecule has 5 heteroatoms. The number of para-hydroxylation sites is 1. The first-order valence-corrected chi connectivity index (χ1v) is 11.4. The second-order valence-electron chi connectivity index (χ2n) is 9.67. The summed E-state index contributed by atoms with van der Waals surface area (Å²) in [7, 11) is 0. The number of H-pyrrole nitrogens is 1. The van der Waals surface area contributed by atoms with Crippen molar-refractivity contribution >= 4 is 16.7 Å². The molecule has 1 fully saturated rings. The van der Waals surface area contributed by atoms with Gasteiger partial charge >= 0.3 is 0 Å². The summed E-state index contributed by atoms with van der Waals surface area (Å²) in [5.41, 5.74) is 7.11. The standard InChI is InChI=1S/C27H31N5/c1-27(2,3)21-12-10-20(11-13-21)26-29-23-8-6-9-24(25(23)30-26)32-17-15-31(16-18-32)19-22-7-4-5-14-28-22/h4-14H,15-19H2,1-3H3,(H,29,30). The lowest BCUT2D eigenvalue weighted by Crippen LogP contribution is -2.46. The number of hydrogen-bond acceptors (Lipinski definition) is 4. The lowest BCUT2D eigenvalue weighted by molar-refractivity contribution is 0.247. The summed E-state index contributed by atoms with van der Waals surface area (Å²) in [6.45, 7) is 11.7. The highest BCUT2D eigenvalue weighted by Crippen LogP contribution is 2.30. The molecule has 32 heavy (non-hydrogen) atoms. The van der Waals surface area contributed by atoms with Crippen molar-refractivity contribution in [2.24, 2.45) is 0 Å². The number of hydrogen-bond donors (Lipinski definition) is 1. The van der Waals surface area contributed by atoms with Crippen molar-refractivity contribution in [3.63, 3.8) is 0 Å². The molecule has 4 aromatic rings. The molecule has 0 radical (unpaired) electrons. The highest BCUT2D eigenvalue weighted by molar-refractivity contribution is 5.91. The molecule has 2 aromatic heterocycles. The fourth-order valence-electron chi connectivity index (χ4n) is 4.40. The fraction of sp³-hybridized carbons (Fsp3) is 0.333. The molecule has 1 aliphatic heterocycles. The average Bonchev–Trinajstić information content (AvgIpc) is 3.24. The molecule has 0 amide bonds. The Balaban J connectivity index is 1.34. The molecule has 1 saturated heterocycles. The van der Waals surface area contributed by atoms with Gasteiger partial charge in [0.25, 0.3) is 0 Å². The maximum Gasteiger partial charge on any atom is 0.138 e. The number of aromatic nitrogens is 3. The van der Waals surface area contributed by atoms with Crippen LogP contribution >= 0.6 is 0 Å². The first-order valence-electron chi connectivity index (χ1n) is 11.4. The van der Waals surface area contributed by atoms with E-state index in [9.17, 15) is 0 Å². The highest BCUT2D eigenvalue weighted by Gasteiger charge is 2.21. The minimum absolute atomic E-state index is 0.151. The second-order valence-corrected chi connectivity index (χ2v) is 9.67. The monoisotopic (exact) mass is 425 g/mol. The van der Waals surface area contributed by atoms with Gasteiger partial charge in [-0.05, 0) is 35.2 Å². The first-order chi connectivity index (χ1) is 15.5. The molecule has 0 aliphatic carbocycles. The Hall–Kier alpha value is -3.18. The molecule has 0 spiro atoms. The van der Waals surface area contributed by atoms with Crippen LogP contribution in [0.3, 0.4) is 0 Å². The van der Waals surface area contributed by atoms with E-state index in [4.69, 9.17) is 4.98 Å². The minimum Gasteiger partial charge on any atom is -0.367 e. The van der Waals surface area contributed by atoms with E-state index >= 15 is 0 Å². The lowest BCUT2D eigenvalue weighted by atomic mass is 9.87. The Morgan fingerprint density at radius 2 is 1.66 bits per heavy atom. The maximum atomic E-state index is 5.02. The molecule has 0 saturated carbocycles. The van der Waals surface area contributed by atoms with Crippen molar-refractivity contribution in [2.75, 3.05) is 31.1 Å². The summed E-state index contributed by atoms with van der Waals surface area (Å²) in [6.07, 6.45) is 1.87. The molecule has 5 rings (SSSR count). The van der Waals surface area contributed by atoms with Crippen molar-refractivity contribution in [1.82, 2.24) is 19.9 Å². The van der Waals surface area contributed by atoms with Crippen LogP contribution in [0.25, 0.3) is 22.4 Å². The van der Waals surface area contributed by atoms with Crippen molar-refractivity contribution < 1.29 is 0 Å². The molecular formula is C27H31N5. The van der Waals surface area contributed by atoms with Gasteiger partial charge in [0.15, 0.2) is 0 Å². The van der Waals surface area contributed by atoms with Gasteiger partial charge < -0.3 is 9.88 Å². The molecular weight excluding hydrogens is 394 g/mol. The predicted molar refractivity (Wildman–Crippen MR) is 132 cm³/mol. The van der Waals surface area contributed by atoms with Gasteiger partial charge in [0.05, 0.1) is 16.9 Å². The van der Waals surface area contributed by atoms with Crippen LogP contribution in [-0.2, 0) is 12.0 Å². The molecule has 164 valence electrons. The number of fused-ring (bicyclic) bond motifs is 1. The van der Waals surface area contributed by atoms with Crippen molar-refractivity contribution in [1.29, 1.82) is 0 Å². The normalized spacial score (nSPS) is 15.4. The van der Waals surface area contributed by atoms with Crippen LogP contribution in [0.15, 0.2) is 66.9 Å². The van der Waals surface area contributed by atoms with Gasteiger partial charge in [0, 0.05) is 44.5 Å². The van der Waals surface area contributed by atoms with Crippen LogP contribution in [0.2, 0.25) is 0 Å². The van der Waals surface area contributed by atoms with Crippen LogP contribution in [-0.4, -0.2) is 46.0 Å². The molecule has 0 bridgehead atoms. The van der Waals surface area contributed by atoms with E-state index in [0.717, 1.165) is 60.8 Å². The largest absolute Gasteiger partial charge is 0.367 e. The zero-order valence-corrected chi connectivity index (χ0v) is 19.2. The van der Waals surface area contributed by atoms with Gasteiger partial charge in [-0.2, -0.15) is 0 Å². The molecule has 5 nitrogen and oxygen atoms in total. The van der Waals surface area contributed by atoms with E-state index in [1.165, 1.54) is 11.3 Å². The highest BCUT2D eigenvalue weighted by atomic mass is 15.3. The van der Waals surface area contributed by atoms with Gasteiger partial charge in [-0.15, -0.1) is 0 Å². The van der Waals surface area contributed by atoms with E-state index in [2.05, 4.69) is 95.1 Å². The van der Waals surface area contributed by atoms with Crippen LogP contribution < -0.4 is 4.90 Å². The lowest BCUT2D eigenvalue weighted by Gasteiger charge is -2.36. The third kappa shape index (κ3) is 4.26. The Labute approximate surface area is 190 Å². The number of imidazole rings is 1. The Bertz CT molecular complexity index is 1180. The number of piperazine rings is 1. The molecule has 2 aromatic carbocycles. The molecule has 0 atom stereocenters. The van der Waals surface area contributed by atoms with Crippen LogP contribution in [0.4, 0.5) is 5.69 Å². The van der Waals surface area contributed by atoms with E-state index in [1.54, 1.807) is 0 Å². The third-order valence-corrected chi connectivity index (χ3v) is 6.34. The fourth-order valence-corrected chi connectivity index (χ4v) is 4.40. The number of aromatic amines is 1. The number of rotatable bonds is 4. The summed E-state index contributed by atoms with van der Waals surface area (Å²) in [5, 5.41) is 0. The van der Waals surface area contributed by atoms with Gasteiger partial charge in [-0.25, -0.2) is 4.98 Å². The number of anilines is 1. The Morgan fingerprint density at radius 1 is 0.875 bits per heavy atom. The summed E-state index contributed by atoms with van der Waals surface area (Å²) in [5.74, 6) is 0.932. The van der Waals surface area contributed by atoms with E-state index in [0.29, 0.717) is 0 Å². The molecule has 1 aliphatic rings. The average molecular weight is 426 g/mol. The zero-order valence-electron chi connectivity index (χ0n) is 19.2. The van der Waals surface area contributed by atoms with E-state index in [1.807, 2.05) is 12.3 Å². The van der Waals surface area contributed by atoms with Crippen molar-refractivity contribution in [3.8, 4) is 11.4 Å². The number of nitrogens with zero attached hydrogens (tertiary/aromatic N) is 4. The van der Waals surface area contributed by atoms with Gasteiger partial charge in [-0.1, -0.05) is 57.2 Å². The smallest absolute Gasteiger partial charge is 0.138 e. The minimum atomic E-state index is 0.151. The number of pyridine rings is 1. The van der Waals surface area contributed by atoms with Crippen LogP contribution in [0.1, 0.15) is 32.0 Å². The van der Waals surface area contributed by atoms with E-state index in [-0.39, 0.29) is 5.41 Å². The summed E-state index contributed by atoms with van der Waals surface area (Å²) in [6, 6.07) is 21.4. The van der Waals surface area contributed by atoms with Crippen LogP contribution in [0, 0.1) is 0 Å². The van der Waals surface area contributed by atoms with Gasteiger partial charge in [0.1, 0.15) is 11.3 Å². The molecule has 3 heterocycles. The van der Waals surface area contributed by atoms with Crippen molar-refractivity contribution in [2.45, 2.75) is 32.7 Å². The number of benzene rings is 2. The topological polar surface area (TPSA) is 48.1 Å². The molecule has 0 unspecified atom stereocenters. The van der Waals surface area contributed by atoms with Crippen molar-refractivity contribution in [3.05, 3.63) is 78.1 Å². The van der Waals surface area contributed by atoms with Gasteiger partial charge in [-0.3, -0.25) is 9.88 Å². The Morgan fingerprint density at radius 3 is 2.34 bits per heavy atom. The van der Waals surface area contributed by atoms with Crippen LogP contribution in [0.5, 0.6) is 0 Å². The zero-order chi connectivity index (χ0) is 22.1. The number of nitrogens with one attached hydrogen (secondary N) is 1. The third-order valence-electron chi connectivity index (χ3n) is 6.34. The SMILES string of the molecule is CC(C)(C)c1ccc(-c2nc3c(N4CCN(Cc5ccccn5)CC4)cccc3[nH]2)cc1. The maximum absolute atomic E-state index is 5.02. The van der Waals surface area contributed by atoms with Gasteiger partial charge in [0.2, 0.25) is 0 Å². The summed E-state index contributed by atoms with van der Waals surface area (Å²) < 4.78 is 0. The summed E-state index contributed by atoms with van der Waals surface area (Å²) >= 11 is 0. The molecule has 1 N–H and O–H groups in total.